The lowest BCUT2D eigenvalue weighted by Crippen LogP contribution is -2.16. The smallest absolute Gasteiger partial charge is 0.341 e. The third-order valence-corrected chi connectivity index (χ3v) is 7.65. The van der Waals surface area contributed by atoms with Gasteiger partial charge in [0.2, 0.25) is 5.91 Å². The van der Waals surface area contributed by atoms with Gasteiger partial charge in [-0.15, -0.1) is 21.5 Å². The number of nitrogens with zero attached hydrogens (tertiary/aromatic N) is 3. The van der Waals surface area contributed by atoms with Crippen LogP contribution < -0.4 is 10.1 Å². The van der Waals surface area contributed by atoms with Gasteiger partial charge in [0, 0.05) is 18.0 Å². The zero-order valence-corrected chi connectivity index (χ0v) is 23.0. The van der Waals surface area contributed by atoms with Gasteiger partial charge in [-0.25, -0.2) is 4.79 Å². The number of rotatable bonds is 9. The highest BCUT2D eigenvalue weighted by Gasteiger charge is 2.23. The summed E-state index contributed by atoms with van der Waals surface area (Å²) >= 11 is 2.56. The van der Waals surface area contributed by atoms with Gasteiger partial charge in [0.1, 0.15) is 22.9 Å². The lowest BCUT2D eigenvalue weighted by molar-refractivity contribution is -0.113. The van der Waals surface area contributed by atoms with E-state index in [-0.39, 0.29) is 18.3 Å². The van der Waals surface area contributed by atoms with Crippen LogP contribution in [0.4, 0.5) is 5.00 Å². The van der Waals surface area contributed by atoms with Crippen LogP contribution in [0.1, 0.15) is 32.9 Å². The maximum absolute atomic E-state index is 12.8. The van der Waals surface area contributed by atoms with Gasteiger partial charge in [0.25, 0.3) is 0 Å². The second-order valence-corrected chi connectivity index (χ2v) is 10.4. The number of thiophene rings is 1. The Morgan fingerprint density at radius 1 is 1.05 bits per heavy atom. The molecule has 10 heteroatoms. The van der Waals surface area contributed by atoms with E-state index < -0.39 is 5.97 Å². The van der Waals surface area contributed by atoms with Crippen molar-refractivity contribution in [1.82, 2.24) is 14.8 Å². The summed E-state index contributed by atoms with van der Waals surface area (Å²) in [6, 6.07) is 13.8. The summed E-state index contributed by atoms with van der Waals surface area (Å²) in [6.07, 6.45) is 0. The zero-order valence-electron chi connectivity index (χ0n) is 21.3. The van der Waals surface area contributed by atoms with Gasteiger partial charge in [-0.2, -0.15) is 0 Å². The molecular formula is C27H28N4O4S2. The fourth-order valence-electron chi connectivity index (χ4n) is 3.72. The number of thioether (sulfide) groups is 1. The molecular weight excluding hydrogens is 508 g/mol. The lowest BCUT2D eigenvalue weighted by atomic mass is 9.97. The van der Waals surface area contributed by atoms with E-state index in [1.807, 2.05) is 75.7 Å². The number of esters is 1. The Kier molecular flexibility index (Phi) is 8.30. The first kappa shape index (κ1) is 26.4. The van der Waals surface area contributed by atoms with E-state index >= 15 is 0 Å². The monoisotopic (exact) mass is 536 g/mol. The van der Waals surface area contributed by atoms with Crippen LogP contribution >= 0.6 is 23.1 Å². The molecule has 1 amide bonds. The Hall–Kier alpha value is -3.63. The number of hydrogen-bond donors (Lipinski definition) is 1. The van der Waals surface area contributed by atoms with Crippen molar-refractivity contribution in [1.29, 1.82) is 0 Å². The summed E-state index contributed by atoms with van der Waals surface area (Å²) < 4.78 is 12.7. The van der Waals surface area contributed by atoms with Gasteiger partial charge in [0.15, 0.2) is 11.0 Å². The maximum Gasteiger partial charge on any atom is 0.341 e. The molecule has 8 nitrogen and oxygen atoms in total. The number of carbonyl (C=O) groups excluding carboxylic acids is 2. The Morgan fingerprint density at radius 2 is 1.84 bits per heavy atom. The molecule has 37 heavy (non-hydrogen) atoms. The predicted octanol–water partition coefficient (Wildman–Crippen LogP) is 5.57. The van der Waals surface area contributed by atoms with Crippen LogP contribution in [0.5, 0.6) is 5.75 Å². The molecule has 4 aromatic rings. The molecule has 0 atom stereocenters. The first-order chi connectivity index (χ1) is 17.8. The summed E-state index contributed by atoms with van der Waals surface area (Å²) in [5.41, 5.74) is 5.26. The summed E-state index contributed by atoms with van der Waals surface area (Å²) in [6.45, 7) is 6.26. The largest absolute Gasteiger partial charge is 0.486 e. The quantitative estimate of drug-likeness (QED) is 0.221. The van der Waals surface area contributed by atoms with Crippen molar-refractivity contribution in [2.75, 3.05) is 18.2 Å². The SMILES string of the molecule is COC(=O)c1c(-c2cc(C)ccc2C)csc1NC(=O)CSc1nnc(COc2cccc(C)c2)n1C. The molecule has 4 rings (SSSR count). The third kappa shape index (κ3) is 6.20. The van der Waals surface area contributed by atoms with E-state index in [0.29, 0.717) is 21.5 Å². The van der Waals surface area contributed by atoms with Crippen LogP contribution in [-0.2, 0) is 23.2 Å². The fraction of sp³-hybridized carbons (Fsp3) is 0.259. The number of ether oxygens (including phenoxy) is 2. The molecule has 0 aliphatic heterocycles. The molecule has 0 saturated carbocycles. The Balaban J connectivity index is 1.43. The molecule has 0 spiro atoms. The molecule has 0 fully saturated rings. The van der Waals surface area contributed by atoms with Gasteiger partial charge < -0.3 is 19.4 Å². The molecule has 0 radical (unpaired) electrons. The average molecular weight is 537 g/mol. The normalized spacial score (nSPS) is 10.8. The van der Waals surface area contributed by atoms with Crippen molar-refractivity contribution in [2.24, 2.45) is 7.05 Å². The number of nitrogens with one attached hydrogen (secondary N) is 1. The summed E-state index contributed by atoms with van der Waals surface area (Å²) in [7, 11) is 3.17. The molecule has 0 aliphatic carbocycles. The molecule has 0 bridgehead atoms. The number of aromatic nitrogens is 3. The van der Waals surface area contributed by atoms with E-state index in [1.54, 1.807) is 4.57 Å². The summed E-state index contributed by atoms with van der Waals surface area (Å²) in [5.74, 6) is 0.752. The number of hydrogen-bond acceptors (Lipinski definition) is 8. The van der Waals surface area contributed by atoms with Gasteiger partial charge in [0.05, 0.1) is 12.9 Å². The fourth-order valence-corrected chi connectivity index (χ4v) is 5.42. The first-order valence-corrected chi connectivity index (χ1v) is 13.4. The van der Waals surface area contributed by atoms with Gasteiger partial charge in [-0.05, 0) is 49.6 Å². The minimum atomic E-state index is -0.494. The molecule has 0 unspecified atom stereocenters. The van der Waals surface area contributed by atoms with Crippen LogP contribution in [-0.4, -0.2) is 39.5 Å². The Labute approximate surface area is 224 Å². The van der Waals surface area contributed by atoms with Gasteiger partial charge in [-0.3, -0.25) is 4.79 Å². The highest BCUT2D eigenvalue weighted by atomic mass is 32.2. The molecule has 2 heterocycles. The molecule has 1 N–H and O–H groups in total. The second-order valence-electron chi connectivity index (χ2n) is 8.56. The number of benzene rings is 2. The van der Waals surface area contributed by atoms with E-state index in [0.717, 1.165) is 33.6 Å². The first-order valence-electron chi connectivity index (χ1n) is 11.5. The standard InChI is InChI=1S/C27H28N4O4S2/c1-16-7-6-8-19(11-16)35-13-22-29-30-27(31(22)4)37-15-23(32)28-25-24(26(33)34-5)21(14-36-25)20-12-17(2)9-10-18(20)3/h6-12,14H,13,15H2,1-5H3,(H,28,32). The number of carbonyl (C=O) groups is 2. The zero-order chi connectivity index (χ0) is 26.5. The Bertz CT molecular complexity index is 1440. The van der Waals surface area contributed by atoms with E-state index in [9.17, 15) is 9.59 Å². The van der Waals surface area contributed by atoms with E-state index in [2.05, 4.69) is 15.5 Å². The van der Waals surface area contributed by atoms with Crippen LogP contribution in [0.15, 0.2) is 53.0 Å². The van der Waals surface area contributed by atoms with E-state index in [1.165, 1.54) is 30.2 Å². The minimum Gasteiger partial charge on any atom is -0.486 e. The topological polar surface area (TPSA) is 95.3 Å². The van der Waals surface area contributed by atoms with E-state index in [4.69, 9.17) is 9.47 Å². The Morgan fingerprint density at radius 3 is 2.59 bits per heavy atom. The van der Waals surface area contributed by atoms with Crippen molar-refractivity contribution in [3.05, 3.63) is 75.9 Å². The van der Waals surface area contributed by atoms with Gasteiger partial charge in [-0.1, -0.05) is 47.7 Å². The number of amides is 1. The highest BCUT2D eigenvalue weighted by molar-refractivity contribution is 7.99. The predicted molar refractivity (Wildman–Crippen MR) is 146 cm³/mol. The molecule has 192 valence electrons. The molecule has 0 aliphatic rings. The van der Waals surface area contributed by atoms with Crippen LogP contribution in [0.3, 0.4) is 0 Å². The van der Waals surface area contributed by atoms with Crippen molar-refractivity contribution >= 4 is 40.0 Å². The molecule has 0 saturated heterocycles. The van der Waals surface area contributed by atoms with Crippen molar-refractivity contribution in [3.63, 3.8) is 0 Å². The van der Waals surface area contributed by atoms with Crippen molar-refractivity contribution in [3.8, 4) is 16.9 Å². The summed E-state index contributed by atoms with van der Waals surface area (Å²) in [5, 5.41) is 14.2. The molecule has 2 aromatic carbocycles. The van der Waals surface area contributed by atoms with Crippen LogP contribution in [0.2, 0.25) is 0 Å². The average Bonchev–Trinajstić information content (AvgIpc) is 3.45. The van der Waals surface area contributed by atoms with Crippen LogP contribution in [0, 0.1) is 20.8 Å². The van der Waals surface area contributed by atoms with Crippen molar-refractivity contribution < 1.29 is 19.1 Å². The second kappa shape index (κ2) is 11.6. The number of methoxy groups -OCH3 is 1. The minimum absolute atomic E-state index is 0.0992. The third-order valence-electron chi connectivity index (χ3n) is 5.73. The highest BCUT2D eigenvalue weighted by Crippen LogP contribution is 2.38. The number of anilines is 1. The molecule has 2 aromatic heterocycles. The van der Waals surface area contributed by atoms with Crippen LogP contribution in [0.25, 0.3) is 11.1 Å². The van der Waals surface area contributed by atoms with Crippen molar-refractivity contribution in [2.45, 2.75) is 32.5 Å². The maximum atomic E-state index is 12.8. The number of aryl methyl sites for hydroxylation is 3. The van der Waals surface area contributed by atoms with Gasteiger partial charge >= 0.3 is 5.97 Å². The lowest BCUT2D eigenvalue weighted by Gasteiger charge is -2.10. The summed E-state index contributed by atoms with van der Waals surface area (Å²) in [4.78, 5) is 25.5.